The minimum Gasteiger partial charge on any atom is -0.335 e. The fourth-order valence-electron chi connectivity index (χ4n) is 2.98. The van der Waals surface area contributed by atoms with Gasteiger partial charge in [0.1, 0.15) is 0 Å². The molecule has 0 spiro atoms. The van der Waals surface area contributed by atoms with Gasteiger partial charge in [0.2, 0.25) is 11.8 Å². The third kappa shape index (κ3) is 4.50. The van der Waals surface area contributed by atoms with E-state index in [1.54, 1.807) is 24.3 Å². The number of halogens is 1. The highest BCUT2D eigenvalue weighted by Gasteiger charge is 2.50. The number of hydrogen-bond donors (Lipinski definition) is 2. The van der Waals surface area contributed by atoms with E-state index < -0.39 is 26.4 Å². The van der Waals surface area contributed by atoms with Gasteiger partial charge in [0.25, 0.3) is 0 Å². The minimum atomic E-state index is -3.61. The molecule has 138 valence electrons. The lowest BCUT2D eigenvalue weighted by molar-refractivity contribution is -0.136. The standard InChI is InChI=1S/C16H22ClN3O4S/c1-20(11-14(21)19-13-5-3-4-12(17)10-13)15(22)16(25(2,23)24)6-8-18-9-7-16/h3-5,10,18H,6-9,11H2,1-2H3,(H,19,21). The summed E-state index contributed by atoms with van der Waals surface area (Å²) in [6, 6.07) is 6.64. The molecule has 1 aliphatic heterocycles. The number of benzene rings is 1. The number of hydrogen-bond acceptors (Lipinski definition) is 5. The molecule has 2 amide bonds. The summed E-state index contributed by atoms with van der Waals surface area (Å²) in [5.41, 5.74) is 0.512. The van der Waals surface area contributed by atoms with Crippen molar-refractivity contribution < 1.29 is 18.0 Å². The Morgan fingerprint density at radius 2 is 1.96 bits per heavy atom. The molecule has 0 atom stereocenters. The fraction of sp³-hybridized carbons (Fsp3) is 0.500. The van der Waals surface area contributed by atoms with Crippen molar-refractivity contribution in [2.24, 2.45) is 0 Å². The van der Waals surface area contributed by atoms with Crippen molar-refractivity contribution in [3.05, 3.63) is 29.3 Å². The number of nitrogens with one attached hydrogen (secondary N) is 2. The van der Waals surface area contributed by atoms with Crippen molar-refractivity contribution >= 4 is 38.9 Å². The first-order valence-electron chi connectivity index (χ1n) is 7.87. The van der Waals surface area contributed by atoms with Gasteiger partial charge in [0.15, 0.2) is 14.6 Å². The topological polar surface area (TPSA) is 95.6 Å². The van der Waals surface area contributed by atoms with E-state index in [1.165, 1.54) is 11.9 Å². The molecule has 0 aliphatic carbocycles. The number of anilines is 1. The van der Waals surface area contributed by atoms with E-state index in [9.17, 15) is 18.0 Å². The largest absolute Gasteiger partial charge is 0.335 e. The first-order valence-corrected chi connectivity index (χ1v) is 10.1. The van der Waals surface area contributed by atoms with Crippen molar-refractivity contribution in [3.63, 3.8) is 0 Å². The van der Waals surface area contributed by atoms with E-state index >= 15 is 0 Å². The van der Waals surface area contributed by atoms with Crippen LogP contribution in [0.1, 0.15) is 12.8 Å². The number of rotatable bonds is 5. The van der Waals surface area contributed by atoms with E-state index in [0.717, 1.165) is 6.26 Å². The molecule has 1 saturated heterocycles. The molecule has 0 aromatic heterocycles. The van der Waals surface area contributed by atoms with Crippen molar-refractivity contribution in [1.82, 2.24) is 10.2 Å². The predicted octanol–water partition coefficient (Wildman–Crippen LogP) is 0.904. The van der Waals surface area contributed by atoms with Gasteiger partial charge >= 0.3 is 0 Å². The highest BCUT2D eigenvalue weighted by atomic mass is 35.5. The maximum absolute atomic E-state index is 12.8. The van der Waals surface area contributed by atoms with Crippen LogP contribution < -0.4 is 10.6 Å². The number of carbonyl (C=O) groups is 2. The van der Waals surface area contributed by atoms with Gasteiger partial charge in [0, 0.05) is 24.0 Å². The number of amides is 2. The summed E-state index contributed by atoms with van der Waals surface area (Å²) in [4.78, 5) is 26.2. The second kappa shape index (κ2) is 7.72. The summed E-state index contributed by atoms with van der Waals surface area (Å²) in [5, 5.41) is 6.18. The summed E-state index contributed by atoms with van der Waals surface area (Å²) in [7, 11) is -2.17. The predicted molar refractivity (Wildman–Crippen MR) is 97.4 cm³/mol. The molecule has 2 rings (SSSR count). The molecule has 25 heavy (non-hydrogen) atoms. The van der Waals surface area contributed by atoms with Gasteiger partial charge in [-0.2, -0.15) is 0 Å². The molecule has 1 aromatic rings. The third-order valence-corrected chi connectivity index (χ3v) is 6.58. The maximum Gasteiger partial charge on any atom is 0.244 e. The quantitative estimate of drug-likeness (QED) is 0.782. The Morgan fingerprint density at radius 1 is 1.32 bits per heavy atom. The molecular formula is C16H22ClN3O4S. The molecule has 0 unspecified atom stereocenters. The molecule has 9 heteroatoms. The van der Waals surface area contributed by atoms with Crippen LogP contribution in [0.3, 0.4) is 0 Å². The Hall–Kier alpha value is -1.64. The molecule has 1 aromatic carbocycles. The van der Waals surface area contributed by atoms with Crippen LogP contribution in [0.15, 0.2) is 24.3 Å². The first-order chi connectivity index (χ1) is 11.7. The molecule has 1 heterocycles. The number of sulfone groups is 1. The van der Waals surface area contributed by atoms with Crippen molar-refractivity contribution in [2.75, 3.05) is 38.3 Å². The lowest BCUT2D eigenvalue weighted by Crippen LogP contribution is -2.58. The number of piperidine rings is 1. The van der Waals surface area contributed by atoms with E-state index in [4.69, 9.17) is 11.6 Å². The van der Waals surface area contributed by atoms with Crippen LogP contribution in [-0.2, 0) is 19.4 Å². The summed E-state index contributed by atoms with van der Waals surface area (Å²) in [6.07, 6.45) is 1.48. The van der Waals surface area contributed by atoms with E-state index in [1.807, 2.05) is 0 Å². The average molecular weight is 388 g/mol. The Bertz CT molecular complexity index is 760. The molecule has 1 aliphatic rings. The number of nitrogens with zero attached hydrogens (tertiary/aromatic N) is 1. The van der Waals surface area contributed by atoms with E-state index in [0.29, 0.717) is 23.8 Å². The molecular weight excluding hydrogens is 366 g/mol. The second-order valence-electron chi connectivity index (χ2n) is 6.24. The summed E-state index contributed by atoms with van der Waals surface area (Å²) in [5.74, 6) is -0.964. The summed E-state index contributed by atoms with van der Waals surface area (Å²) in [6.45, 7) is 0.652. The van der Waals surface area contributed by atoms with Gasteiger partial charge in [0.05, 0.1) is 6.54 Å². The molecule has 7 nitrogen and oxygen atoms in total. The van der Waals surface area contributed by atoms with Crippen LogP contribution in [0, 0.1) is 0 Å². The zero-order chi connectivity index (χ0) is 18.7. The SMILES string of the molecule is CN(CC(=O)Nc1cccc(Cl)c1)C(=O)C1(S(C)(=O)=O)CCNCC1. The maximum atomic E-state index is 12.8. The zero-order valence-corrected chi connectivity index (χ0v) is 15.8. The smallest absolute Gasteiger partial charge is 0.244 e. The van der Waals surface area contributed by atoms with Gasteiger partial charge in [-0.25, -0.2) is 8.42 Å². The van der Waals surface area contributed by atoms with E-state index in [-0.39, 0.29) is 19.4 Å². The second-order valence-corrected chi connectivity index (χ2v) is 9.00. The fourth-order valence-corrected chi connectivity index (χ4v) is 4.58. The van der Waals surface area contributed by atoms with Crippen molar-refractivity contribution in [1.29, 1.82) is 0 Å². The summed E-state index contributed by atoms with van der Waals surface area (Å²) < 4.78 is 23.1. The Kier molecular flexibility index (Phi) is 6.08. The van der Waals surface area contributed by atoms with Crippen LogP contribution in [-0.4, -0.2) is 62.8 Å². The number of carbonyl (C=O) groups excluding carboxylic acids is 2. The lowest BCUT2D eigenvalue weighted by Gasteiger charge is -2.37. The first kappa shape index (κ1) is 19.7. The molecule has 0 radical (unpaired) electrons. The monoisotopic (exact) mass is 387 g/mol. The Labute approximate surface area is 152 Å². The van der Waals surface area contributed by atoms with Crippen LogP contribution in [0.5, 0.6) is 0 Å². The van der Waals surface area contributed by atoms with Gasteiger partial charge < -0.3 is 15.5 Å². The van der Waals surface area contributed by atoms with Crippen LogP contribution in [0.4, 0.5) is 5.69 Å². The highest BCUT2D eigenvalue weighted by Crippen LogP contribution is 2.29. The van der Waals surface area contributed by atoms with Crippen LogP contribution >= 0.6 is 11.6 Å². The third-order valence-electron chi connectivity index (χ3n) is 4.35. The lowest BCUT2D eigenvalue weighted by atomic mass is 9.95. The average Bonchev–Trinajstić information content (AvgIpc) is 2.53. The van der Waals surface area contributed by atoms with Gasteiger partial charge in [-0.3, -0.25) is 9.59 Å². The minimum absolute atomic E-state index is 0.199. The number of likely N-dealkylation sites (N-methyl/N-ethyl adjacent to an activating group) is 1. The van der Waals surface area contributed by atoms with Gasteiger partial charge in [-0.05, 0) is 44.1 Å². The van der Waals surface area contributed by atoms with Gasteiger partial charge in [-0.15, -0.1) is 0 Å². The molecule has 1 fully saturated rings. The normalized spacial score (nSPS) is 16.9. The van der Waals surface area contributed by atoms with Crippen molar-refractivity contribution in [3.8, 4) is 0 Å². The van der Waals surface area contributed by atoms with Crippen LogP contribution in [0.25, 0.3) is 0 Å². The Balaban J connectivity index is 2.09. The Morgan fingerprint density at radius 3 is 2.52 bits per heavy atom. The van der Waals surface area contributed by atoms with Crippen molar-refractivity contribution in [2.45, 2.75) is 17.6 Å². The summed E-state index contributed by atoms with van der Waals surface area (Å²) >= 11 is 5.87. The molecule has 0 bridgehead atoms. The van der Waals surface area contributed by atoms with Gasteiger partial charge in [-0.1, -0.05) is 17.7 Å². The molecule has 0 saturated carbocycles. The zero-order valence-electron chi connectivity index (χ0n) is 14.2. The highest BCUT2D eigenvalue weighted by molar-refractivity contribution is 7.92. The van der Waals surface area contributed by atoms with Crippen LogP contribution in [0.2, 0.25) is 5.02 Å². The molecule has 2 N–H and O–H groups in total. The van der Waals surface area contributed by atoms with E-state index in [2.05, 4.69) is 10.6 Å².